The average molecular weight is 439 g/mol. The van der Waals surface area contributed by atoms with E-state index < -0.39 is 21.5 Å². The molecule has 2 aromatic carbocycles. The molecule has 8 nitrogen and oxygen atoms in total. The molecule has 2 aromatic heterocycles. The number of nitrogens with zero attached hydrogens (tertiary/aromatic N) is 2. The topological polar surface area (TPSA) is 106 Å². The number of para-hydroxylation sites is 3. The molecule has 0 radical (unpaired) electrons. The maximum atomic E-state index is 12.8. The van der Waals surface area contributed by atoms with Crippen molar-refractivity contribution in [2.75, 3.05) is 5.32 Å². The highest BCUT2D eigenvalue weighted by Gasteiger charge is 2.26. The Morgan fingerprint density at radius 1 is 0.968 bits per heavy atom. The molecular formula is C22H22N4O4S. The summed E-state index contributed by atoms with van der Waals surface area (Å²) in [6.45, 7) is 5.15. The van der Waals surface area contributed by atoms with Gasteiger partial charge in [0.2, 0.25) is 11.0 Å². The number of aromatic nitrogens is 2. The van der Waals surface area contributed by atoms with Crippen molar-refractivity contribution in [3.63, 3.8) is 0 Å². The van der Waals surface area contributed by atoms with Crippen LogP contribution >= 0.6 is 0 Å². The molecule has 31 heavy (non-hydrogen) atoms. The van der Waals surface area contributed by atoms with Crippen LogP contribution in [0.15, 0.2) is 76.2 Å². The van der Waals surface area contributed by atoms with Crippen molar-refractivity contribution in [3.8, 4) is 5.69 Å². The van der Waals surface area contributed by atoms with E-state index in [1.807, 2.05) is 59.2 Å². The number of benzene rings is 2. The van der Waals surface area contributed by atoms with Gasteiger partial charge in [-0.15, -0.1) is 0 Å². The first-order valence-corrected chi connectivity index (χ1v) is 11.1. The summed E-state index contributed by atoms with van der Waals surface area (Å²) in [7, 11) is -3.89. The molecule has 0 aliphatic carbocycles. The standard InChI is InChI=1S/C22H22N4O4S/c1-22(2,3)25-31(28,29)19-14-13-18(30-19)20(27)24-21-23-16-11-7-8-12-17(16)26(21)15-9-5-4-6-10-15/h4-14,25H,1-3H3,(H,23,24,27). The van der Waals surface area contributed by atoms with E-state index in [0.717, 1.165) is 11.2 Å². The highest BCUT2D eigenvalue weighted by Crippen LogP contribution is 2.25. The Bertz CT molecular complexity index is 1350. The molecule has 0 fully saturated rings. The van der Waals surface area contributed by atoms with Crippen LogP contribution in [0.2, 0.25) is 0 Å². The summed E-state index contributed by atoms with van der Waals surface area (Å²) in [6, 6.07) is 19.6. The van der Waals surface area contributed by atoms with Crippen molar-refractivity contribution >= 4 is 32.9 Å². The Hall–Kier alpha value is -3.43. The van der Waals surface area contributed by atoms with E-state index >= 15 is 0 Å². The lowest BCUT2D eigenvalue weighted by molar-refractivity contribution is 0.0990. The predicted molar refractivity (Wildman–Crippen MR) is 118 cm³/mol. The summed E-state index contributed by atoms with van der Waals surface area (Å²) < 4.78 is 34.5. The second kappa shape index (κ2) is 7.68. The fraction of sp³-hybridized carbons (Fsp3) is 0.182. The SMILES string of the molecule is CC(C)(C)NS(=O)(=O)c1ccc(C(=O)Nc2nc3ccccc3n2-c2ccccc2)o1. The summed E-state index contributed by atoms with van der Waals surface area (Å²) in [4.78, 5) is 17.3. The summed E-state index contributed by atoms with van der Waals surface area (Å²) in [5.74, 6) is -0.448. The molecule has 4 rings (SSSR count). The number of furan rings is 1. The van der Waals surface area contributed by atoms with Crippen LogP contribution in [0.3, 0.4) is 0 Å². The number of imidazole rings is 1. The van der Waals surface area contributed by atoms with E-state index in [2.05, 4.69) is 15.0 Å². The number of rotatable bonds is 5. The number of nitrogens with one attached hydrogen (secondary N) is 2. The van der Waals surface area contributed by atoms with Crippen molar-refractivity contribution in [2.24, 2.45) is 0 Å². The van der Waals surface area contributed by atoms with Crippen molar-refractivity contribution in [3.05, 3.63) is 72.5 Å². The van der Waals surface area contributed by atoms with Crippen molar-refractivity contribution in [1.82, 2.24) is 14.3 Å². The predicted octanol–water partition coefficient (Wildman–Crippen LogP) is 3.95. The van der Waals surface area contributed by atoms with Crippen molar-refractivity contribution in [1.29, 1.82) is 0 Å². The molecule has 0 aliphatic heterocycles. The number of anilines is 1. The van der Waals surface area contributed by atoms with Gasteiger partial charge in [0.25, 0.3) is 15.9 Å². The molecule has 0 saturated heterocycles. The van der Waals surface area contributed by atoms with Crippen LogP contribution in [0.4, 0.5) is 5.95 Å². The highest BCUT2D eigenvalue weighted by molar-refractivity contribution is 7.89. The number of carbonyl (C=O) groups is 1. The van der Waals surface area contributed by atoms with Crippen molar-refractivity contribution < 1.29 is 17.6 Å². The third-order valence-corrected chi connectivity index (χ3v) is 5.94. The minimum absolute atomic E-state index is 0.138. The summed E-state index contributed by atoms with van der Waals surface area (Å²) in [5.41, 5.74) is 1.66. The van der Waals surface area contributed by atoms with Gasteiger partial charge in [0.1, 0.15) is 0 Å². The Morgan fingerprint density at radius 3 is 2.35 bits per heavy atom. The maximum absolute atomic E-state index is 12.8. The molecule has 0 unspecified atom stereocenters. The summed E-state index contributed by atoms with van der Waals surface area (Å²) in [5, 5.41) is 2.40. The van der Waals surface area contributed by atoms with Crippen LogP contribution in [0.5, 0.6) is 0 Å². The molecule has 9 heteroatoms. The molecule has 2 N–H and O–H groups in total. The zero-order valence-electron chi connectivity index (χ0n) is 17.3. The Morgan fingerprint density at radius 2 is 1.65 bits per heavy atom. The van der Waals surface area contributed by atoms with Crippen LogP contribution in [0.25, 0.3) is 16.7 Å². The zero-order chi connectivity index (χ0) is 22.2. The van der Waals surface area contributed by atoms with E-state index in [-0.39, 0.29) is 10.9 Å². The molecule has 4 aromatic rings. The van der Waals surface area contributed by atoms with E-state index in [1.165, 1.54) is 12.1 Å². The second-order valence-corrected chi connectivity index (χ2v) is 9.64. The Balaban J connectivity index is 1.67. The number of fused-ring (bicyclic) bond motifs is 1. The van der Waals surface area contributed by atoms with E-state index in [9.17, 15) is 13.2 Å². The number of amides is 1. The van der Waals surface area contributed by atoms with E-state index in [1.54, 1.807) is 20.8 Å². The third-order valence-electron chi connectivity index (χ3n) is 4.31. The molecule has 0 aliphatic rings. The summed E-state index contributed by atoms with van der Waals surface area (Å²) >= 11 is 0. The first-order valence-electron chi connectivity index (χ1n) is 9.62. The smallest absolute Gasteiger partial charge is 0.293 e. The first-order chi connectivity index (χ1) is 14.6. The van der Waals surface area contributed by atoms with Crippen LogP contribution in [-0.4, -0.2) is 29.4 Å². The van der Waals surface area contributed by atoms with Gasteiger partial charge in [-0.1, -0.05) is 30.3 Å². The quantitative estimate of drug-likeness (QED) is 0.491. The van der Waals surface area contributed by atoms with Crippen LogP contribution in [0, 0.1) is 0 Å². The minimum Gasteiger partial charge on any atom is -0.438 e. The third kappa shape index (κ3) is 4.37. The molecule has 0 spiro atoms. The molecule has 160 valence electrons. The van der Waals surface area contributed by atoms with E-state index in [4.69, 9.17) is 4.42 Å². The number of carbonyl (C=O) groups excluding carboxylic acids is 1. The minimum atomic E-state index is -3.89. The molecule has 0 bridgehead atoms. The normalized spacial score (nSPS) is 12.2. The van der Waals surface area contributed by atoms with Gasteiger partial charge in [0.15, 0.2) is 5.76 Å². The molecule has 2 heterocycles. The maximum Gasteiger partial charge on any atom is 0.293 e. The first kappa shape index (κ1) is 20.8. The molecular weight excluding hydrogens is 416 g/mol. The Labute approximate surface area is 180 Å². The monoisotopic (exact) mass is 438 g/mol. The van der Waals surface area contributed by atoms with Gasteiger partial charge in [-0.05, 0) is 57.2 Å². The fourth-order valence-corrected chi connectivity index (χ4v) is 4.50. The Kier molecular flexibility index (Phi) is 5.16. The number of hydrogen-bond donors (Lipinski definition) is 2. The van der Waals surface area contributed by atoms with E-state index in [0.29, 0.717) is 11.5 Å². The lowest BCUT2D eigenvalue weighted by Gasteiger charge is -2.18. The molecule has 0 atom stereocenters. The van der Waals surface area contributed by atoms with Crippen LogP contribution in [-0.2, 0) is 10.0 Å². The van der Waals surface area contributed by atoms with Gasteiger partial charge in [0, 0.05) is 11.2 Å². The van der Waals surface area contributed by atoms with Gasteiger partial charge in [0.05, 0.1) is 11.0 Å². The zero-order valence-corrected chi connectivity index (χ0v) is 18.1. The van der Waals surface area contributed by atoms with Crippen LogP contribution in [0.1, 0.15) is 31.3 Å². The fourth-order valence-electron chi connectivity index (χ4n) is 3.15. The number of sulfonamides is 1. The summed E-state index contributed by atoms with van der Waals surface area (Å²) in [6.07, 6.45) is 0. The molecule has 0 saturated carbocycles. The van der Waals surface area contributed by atoms with Gasteiger partial charge < -0.3 is 4.42 Å². The van der Waals surface area contributed by atoms with Gasteiger partial charge in [-0.25, -0.2) is 18.1 Å². The molecule has 1 amide bonds. The van der Waals surface area contributed by atoms with Crippen LogP contribution < -0.4 is 10.0 Å². The average Bonchev–Trinajstić information content (AvgIpc) is 3.32. The van der Waals surface area contributed by atoms with Gasteiger partial charge >= 0.3 is 0 Å². The van der Waals surface area contributed by atoms with Crippen molar-refractivity contribution in [2.45, 2.75) is 31.4 Å². The lowest BCUT2D eigenvalue weighted by Crippen LogP contribution is -2.40. The number of hydrogen-bond acceptors (Lipinski definition) is 5. The highest BCUT2D eigenvalue weighted by atomic mass is 32.2. The van der Waals surface area contributed by atoms with Gasteiger partial charge in [-0.2, -0.15) is 0 Å². The largest absolute Gasteiger partial charge is 0.438 e. The lowest BCUT2D eigenvalue weighted by atomic mass is 10.1. The van der Waals surface area contributed by atoms with Gasteiger partial charge in [-0.3, -0.25) is 14.7 Å². The second-order valence-electron chi connectivity index (χ2n) is 8.02.